The molecule has 19 heavy (non-hydrogen) atoms. The number of hydrogen-bond donors (Lipinski definition) is 0. The first-order valence-corrected chi connectivity index (χ1v) is 8.01. The average molecular weight is 348 g/mol. The molecule has 0 N–H and O–H groups in total. The zero-order valence-electron chi connectivity index (χ0n) is 12.3. The molecule has 0 aromatic heterocycles. The molecule has 0 saturated heterocycles. The van der Waals surface area contributed by atoms with Crippen molar-refractivity contribution in [2.24, 2.45) is 5.92 Å². The lowest BCUT2D eigenvalue weighted by Gasteiger charge is -2.30. The van der Waals surface area contributed by atoms with Gasteiger partial charge in [0.2, 0.25) is 0 Å². The molecule has 0 amide bonds. The van der Waals surface area contributed by atoms with Crippen LogP contribution in [-0.2, 0) is 5.88 Å². The summed E-state index contributed by atoms with van der Waals surface area (Å²) in [6, 6.07) is 6.37. The van der Waals surface area contributed by atoms with Crippen molar-refractivity contribution in [3.8, 4) is 0 Å². The second kappa shape index (κ2) is 8.13. The molecule has 0 aliphatic heterocycles. The molecule has 1 rings (SSSR count). The van der Waals surface area contributed by atoms with E-state index in [0.29, 0.717) is 11.8 Å². The lowest BCUT2D eigenvalue weighted by molar-refractivity contribution is 0.409. The molecule has 0 unspecified atom stereocenters. The first-order valence-electron chi connectivity index (χ1n) is 6.68. The molecule has 0 spiro atoms. The maximum atomic E-state index is 6.09. The predicted octanol–water partition coefficient (Wildman–Crippen LogP) is 4.21. The molecule has 1 aromatic rings. The zero-order valence-corrected chi connectivity index (χ0v) is 14.6. The van der Waals surface area contributed by atoms with Crippen molar-refractivity contribution in [1.82, 2.24) is 4.90 Å². The van der Waals surface area contributed by atoms with Gasteiger partial charge in [0.25, 0.3) is 0 Å². The molecule has 4 heteroatoms. The third-order valence-electron chi connectivity index (χ3n) is 2.93. The highest BCUT2D eigenvalue weighted by Gasteiger charge is 2.13. The van der Waals surface area contributed by atoms with Gasteiger partial charge in [0.15, 0.2) is 0 Å². The number of nitrogens with zero attached hydrogens (tertiary/aromatic N) is 2. The van der Waals surface area contributed by atoms with E-state index in [1.165, 1.54) is 11.3 Å². The Morgan fingerprint density at radius 3 is 2.42 bits per heavy atom. The first-order chi connectivity index (χ1) is 8.93. The predicted molar refractivity (Wildman–Crippen MR) is 89.3 cm³/mol. The number of rotatable bonds is 7. The van der Waals surface area contributed by atoms with E-state index in [0.717, 1.165) is 24.1 Å². The van der Waals surface area contributed by atoms with Crippen LogP contribution < -0.4 is 4.90 Å². The zero-order chi connectivity index (χ0) is 14.4. The van der Waals surface area contributed by atoms with E-state index >= 15 is 0 Å². The molecule has 0 aliphatic rings. The van der Waals surface area contributed by atoms with Crippen LogP contribution in [0.5, 0.6) is 0 Å². The summed E-state index contributed by atoms with van der Waals surface area (Å²) in [5.74, 6) is 1.18. The van der Waals surface area contributed by atoms with Gasteiger partial charge >= 0.3 is 0 Å². The highest BCUT2D eigenvalue weighted by atomic mass is 79.9. The summed E-state index contributed by atoms with van der Waals surface area (Å²) < 4.78 is 1.09. The number of anilines is 1. The SMILES string of the molecule is CC(C)CN(CCN(C)C)c1ccc(Br)cc1CCl. The fourth-order valence-electron chi connectivity index (χ4n) is 2.04. The molecule has 0 aliphatic carbocycles. The van der Waals surface area contributed by atoms with Gasteiger partial charge in [0.05, 0.1) is 0 Å². The van der Waals surface area contributed by atoms with Gasteiger partial charge in [-0.15, -0.1) is 11.6 Å². The Labute approximate surface area is 130 Å². The minimum atomic E-state index is 0.547. The Kier molecular flexibility index (Phi) is 7.19. The molecule has 2 nitrogen and oxygen atoms in total. The largest absolute Gasteiger partial charge is 0.370 e. The quantitative estimate of drug-likeness (QED) is 0.682. The van der Waals surface area contributed by atoms with Crippen LogP contribution in [0.3, 0.4) is 0 Å². The molecular weight excluding hydrogens is 324 g/mol. The standard InChI is InChI=1S/C15H24BrClN2/c1-12(2)11-19(8-7-18(3)4)15-6-5-14(16)9-13(15)10-17/h5-6,9,12H,7-8,10-11H2,1-4H3. The molecule has 0 saturated carbocycles. The number of hydrogen-bond acceptors (Lipinski definition) is 2. The van der Waals surface area contributed by atoms with Gasteiger partial charge in [0, 0.05) is 35.7 Å². The smallest absolute Gasteiger partial charge is 0.0494 e. The number of likely N-dealkylation sites (N-methyl/N-ethyl adjacent to an activating group) is 1. The average Bonchev–Trinajstić information content (AvgIpc) is 2.33. The van der Waals surface area contributed by atoms with Crippen molar-refractivity contribution in [2.75, 3.05) is 38.6 Å². The molecular formula is C15H24BrClN2. The fraction of sp³-hybridized carbons (Fsp3) is 0.600. The Morgan fingerprint density at radius 1 is 1.21 bits per heavy atom. The van der Waals surface area contributed by atoms with E-state index in [2.05, 4.69) is 71.9 Å². The van der Waals surface area contributed by atoms with Gasteiger partial charge in [-0.1, -0.05) is 29.8 Å². The lowest BCUT2D eigenvalue weighted by Crippen LogP contribution is -2.35. The van der Waals surface area contributed by atoms with Crippen molar-refractivity contribution >= 4 is 33.2 Å². The Hall–Kier alpha value is -0.250. The van der Waals surface area contributed by atoms with E-state index in [1.54, 1.807) is 0 Å². The third kappa shape index (κ3) is 5.72. The van der Waals surface area contributed by atoms with E-state index in [4.69, 9.17) is 11.6 Å². The normalized spacial score (nSPS) is 11.4. The van der Waals surface area contributed by atoms with Gasteiger partial charge in [-0.25, -0.2) is 0 Å². The van der Waals surface area contributed by atoms with Crippen molar-refractivity contribution in [2.45, 2.75) is 19.7 Å². The second-order valence-corrected chi connectivity index (χ2v) is 6.73. The maximum absolute atomic E-state index is 6.09. The van der Waals surface area contributed by atoms with Crippen molar-refractivity contribution in [3.05, 3.63) is 28.2 Å². The molecule has 108 valence electrons. The Bertz CT molecular complexity index is 394. The highest BCUT2D eigenvalue weighted by molar-refractivity contribution is 9.10. The molecule has 0 heterocycles. The monoisotopic (exact) mass is 346 g/mol. The van der Waals surface area contributed by atoms with E-state index in [1.807, 2.05) is 0 Å². The summed E-state index contributed by atoms with van der Waals surface area (Å²) in [5, 5.41) is 0. The van der Waals surface area contributed by atoms with Crippen molar-refractivity contribution in [1.29, 1.82) is 0 Å². The lowest BCUT2D eigenvalue weighted by atomic mass is 10.1. The minimum absolute atomic E-state index is 0.547. The fourth-order valence-corrected chi connectivity index (χ4v) is 2.66. The summed E-state index contributed by atoms with van der Waals surface area (Å²) in [6.45, 7) is 7.63. The van der Waals surface area contributed by atoms with Gasteiger partial charge < -0.3 is 9.80 Å². The summed E-state index contributed by atoms with van der Waals surface area (Å²) in [6.07, 6.45) is 0. The summed E-state index contributed by atoms with van der Waals surface area (Å²) in [5.41, 5.74) is 2.45. The number of benzene rings is 1. The Balaban J connectivity index is 2.95. The molecule has 0 fully saturated rings. The molecule has 0 radical (unpaired) electrons. The number of alkyl halides is 1. The highest BCUT2D eigenvalue weighted by Crippen LogP contribution is 2.26. The van der Waals surface area contributed by atoms with Crippen LogP contribution >= 0.6 is 27.5 Å². The van der Waals surface area contributed by atoms with Crippen LogP contribution in [-0.4, -0.2) is 38.6 Å². The molecule has 0 bridgehead atoms. The van der Waals surface area contributed by atoms with Crippen LogP contribution in [0, 0.1) is 5.92 Å². The van der Waals surface area contributed by atoms with E-state index < -0.39 is 0 Å². The molecule has 1 aromatic carbocycles. The summed E-state index contributed by atoms with van der Waals surface area (Å²) >= 11 is 9.60. The van der Waals surface area contributed by atoms with Crippen LogP contribution in [0.25, 0.3) is 0 Å². The van der Waals surface area contributed by atoms with Crippen molar-refractivity contribution < 1.29 is 0 Å². The van der Waals surface area contributed by atoms with Crippen LogP contribution in [0.15, 0.2) is 22.7 Å². The van der Waals surface area contributed by atoms with Crippen LogP contribution in [0.4, 0.5) is 5.69 Å². The summed E-state index contributed by atoms with van der Waals surface area (Å²) in [7, 11) is 4.22. The summed E-state index contributed by atoms with van der Waals surface area (Å²) in [4.78, 5) is 4.65. The van der Waals surface area contributed by atoms with Gasteiger partial charge in [-0.05, 0) is 43.8 Å². The van der Waals surface area contributed by atoms with E-state index in [9.17, 15) is 0 Å². The van der Waals surface area contributed by atoms with E-state index in [-0.39, 0.29) is 0 Å². The first kappa shape index (κ1) is 16.8. The van der Waals surface area contributed by atoms with Gasteiger partial charge in [0.1, 0.15) is 0 Å². The number of halogens is 2. The maximum Gasteiger partial charge on any atom is 0.0494 e. The second-order valence-electron chi connectivity index (χ2n) is 5.55. The van der Waals surface area contributed by atoms with Crippen LogP contribution in [0.1, 0.15) is 19.4 Å². The van der Waals surface area contributed by atoms with Crippen LogP contribution in [0.2, 0.25) is 0 Å². The Morgan fingerprint density at radius 2 is 1.89 bits per heavy atom. The molecule has 0 atom stereocenters. The third-order valence-corrected chi connectivity index (χ3v) is 3.71. The van der Waals surface area contributed by atoms with Crippen molar-refractivity contribution in [3.63, 3.8) is 0 Å². The van der Waals surface area contributed by atoms with Gasteiger partial charge in [-0.3, -0.25) is 0 Å². The topological polar surface area (TPSA) is 6.48 Å². The minimum Gasteiger partial charge on any atom is -0.370 e. The van der Waals surface area contributed by atoms with Gasteiger partial charge in [-0.2, -0.15) is 0 Å².